The third-order valence-corrected chi connectivity index (χ3v) is 5.28. The van der Waals surface area contributed by atoms with Crippen LogP contribution in [0.15, 0.2) is 0 Å². The molecule has 26 heavy (non-hydrogen) atoms. The second-order valence-corrected chi connectivity index (χ2v) is 7.55. The normalized spacial score (nSPS) is 31.8. The number of ether oxygens (including phenoxy) is 4. The first-order chi connectivity index (χ1) is 12.6. The Kier molecular flexibility index (Phi) is 8.67. The number of nitrogens with zero attached hydrogens (tertiary/aromatic N) is 1. The van der Waals surface area contributed by atoms with E-state index in [-0.39, 0.29) is 25.6 Å². The van der Waals surface area contributed by atoms with E-state index >= 15 is 0 Å². The maximum absolute atomic E-state index is 12.1. The van der Waals surface area contributed by atoms with E-state index in [1.165, 1.54) is 12.8 Å². The van der Waals surface area contributed by atoms with Gasteiger partial charge in [0.05, 0.1) is 0 Å². The van der Waals surface area contributed by atoms with Crippen LogP contribution in [0.1, 0.15) is 78.1 Å². The van der Waals surface area contributed by atoms with Gasteiger partial charge in [0.25, 0.3) is 0 Å². The minimum atomic E-state index is -1.41. The molecule has 2 fully saturated rings. The minimum Gasteiger partial charge on any atom is -0.431 e. The van der Waals surface area contributed by atoms with Crippen molar-refractivity contribution in [2.75, 3.05) is 13.2 Å². The fourth-order valence-electron chi connectivity index (χ4n) is 3.69. The fourth-order valence-corrected chi connectivity index (χ4v) is 3.69. The predicted octanol–water partition coefficient (Wildman–Crippen LogP) is 4.71. The predicted molar refractivity (Wildman–Crippen MR) is 96.4 cm³/mol. The molecule has 0 radical (unpaired) electrons. The molecule has 0 aromatic heterocycles. The van der Waals surface area contributed by atoms with Gasteiger partial charge in [0.15, 0.2) is 6.29 Å². The van der Waals surface area contributed by atoms with Crippen LogP contribution in [0.5, 0.6) is 0 Å². The quantitative estimate of drug-likeness (QED) is 0.456. The number of hydrogen-bond donors (Lipinski definition) is 0. The summed E-state index contributed by atoms with van der Waals surface area (Å²) < 4.78 is 21.9. The lowest BCUT2D eigenvalue weighted by Crippen LogP contribution is -2.50. The van der Waals surface area contributed by atoms with Crippen LogP contribution in [0.25, 0.3) is 0 Å². The second kappa shape index (κ2) is 10.7. The molecule has 0 aromatic rings. The van der Waals surface area contributed by atoms with Gasteiger partial charge in [-0.1, -0.05) is 39.5 Å². The average Bonchev–Trinajstić information content (AvgIpc) is 2.65. The van der Waals surface area contributed by atoms with Crippen molar-refractivity contribution in [3.63, 3.8) is 0 Å². The molecular weight excluding hydrogens is 334 g/mol. The number of rotatable bonds is 8. The Hall–Kier alpha value is -1.32. The van der Waals surface area contributed by atoms with Crippen molar-refractivity contribution < 1.29 is 23.7 Å². The van der Waals surface area contributed by atoms with Gasteiger partial charge in [-0.2, -0.15) is 5.26 Å². The Morgan fingerprint density at radius 3 is 2.35 bits per heavy atom. The topological polar surface area (TPSA) is 77.8 Å². The minimum absolute atomic E-state index is 0.0264. The molecule has 0 spiro atoms. The SMILES string of the molecule is CCCCCC1OCC(C#N)(OC(=O)OC2CCC(CCC)CC2)CO1. The van der Waals surface area contributed by atoms with Crippen molar-refractivity contribution in [3.8, 4) is 6.07 Å². The molecule has 1 saturated heterocycles. The first-order valence-corrected chi connectivity index (χ1v) is 10.1. The Balaban J connectivity index is 1.72. The van der Waals surface area contributed by atoms with Gasteiger partial charge in [-0.05, 0) is 44.4 Å². The van der Waals surface area contributed by atoms with Crippen LogP contribution in [-0.4, -0.2) is 37.4 Å². The summed E-state index contributed by atoms with van der Waals surface area (Å²) in [5, 5.41) is 9.45. The molecule has 1 heterocycles. The van der Waals surface area contributed by atoms with Crippen LogP contribution >= 0.6 is 0 Å². The van der Waals surface area contributed by atoms with Crippen LogP contribution in [0, 0.1) is 17.2 Å². The van der Waals surface area contributed by atoms with Gasteiger partial charge in [-0.25, -0.2) is 4.79 Å². The Morgan fingerprint density at radius 1 is 1.08 bits per heavy atom. The molecule has 2 rings (SSSR count). The molecule has 0 N–H and O–H groups in total. The van der Waals surface area contributed by atoms with E-state index in [1.807, 2.05) is 6.07 Å². The molecule has 0 atom stereocenters. The van der Waals surface area contributed by atoms with Crippen LogP contribution in [0.2, 0.25) is 0 Å². The second-order valence-electron chi connectivity index (χ2n) is 7.55. The zero-order valence-electron chi connectivity index (χ0n) is 16.2. The van der Waals surface area contributed by atoms with Crippen molar-refractivity contribution in [1.29, 1.82) is 5.26 Å². The summed E-state index contributed by atoms with van der Waals surface area (Å²) in [6.07, 6.45) is 9.17. The molecule has 6 heteroatoms. The third kappa shape index (κ3) is 6.44. The van der Waals surface area contributed by atoms with E-state index in [9.17, 15) is 10.1 Å². The van der Waals surface area contributed by atoms with Crippen LogP contribution < -0.4 is 0 Å². The molecule has 1 saturated carbocycles. The Morgan fingerprint density at radius 2 is 1.77 bits per heavy atom. The first kappa shape index (κ1) is 21.0. The van der Waals surface area contributed by atoms with Gasteiger partial charge in [0.2, 0.25) is 5.60 Å². The van der Waals surface area contributed by atoms with E-state index in [0.717, 1.165) is 57.3 Å². The highest BCUT2D eigenvalue weighted by atomic mass is 16.8. The van der Waals surface area contributed by atoms with Crippen LogP contribution in [0.4, 0.5) is 4.79 Å². The summed E-state index contributed by atoms with van der Waals surface area (Å²) >= 11 is 0. The van der Waals surface area contributed by atoms with Crippen LogP contribution in [0.3, 0.4) is 0 Å². The van der Waals surface area contributed by atoms with Gasteiger partial charge in [-0.15, -0.1) is 0 Å². The van der Waals surface area contributed by atoms with Crippen molar-refractivity contribution in [2.24, 2.45) is 5.92 Å². The maximum Gasteiger partial charge on any atom is 0.510 e. The zero-order chi connectivity index (χ0) is 18.8. The largest absolute Gasteiger partial charge is 0.510 e. The number of carbonyl (C=O) groups excluding carboxylic acids is 1. The van der Waals surface area contributed by atoms with Crippen molar-refractivity contribution in [1.82, 2.24) is 0 Å². The van der Waals surface area contributed by atoms with Crippen LogP contribution in [-0.2, 0) is 18.9 Å². The number of unbranched alkanes of at least 4 members (excludes halogenated alkanes) is 2. The molecule has 0 amide bonds. The lowest BCUT2D eigenvalue weighted by Gasteiger charge is -2.35. The summed E-state index contributed by atoms with van der Waals surface area (Å²) in [6.45, 7) is 4.39. The summed E-state index contributed by atoms with van der Waals surface area (Å²) in [5.74, 6) is 0.742. The monoisotopic (exact) mass is 367 g/mol. The summed E-state index contributed by atoms with van der Waals surface area (Å²) in [4.78, 5) is 12.1. The maximum atomic E-state index is 12.1. The van der Waals surface area contributed by atoms with E-state index in [0.29, 0.717) is 0 Å². The highest BCUT2D eigenvalue weighted by Gasteiger charge is 2.42. The fraction of sp³-hybridized carbons (Fsp3) is 0.900. The van der Waals surface area contributed by atoms with E-state index in [4.69, 9.17) is 18.9 Å². The highest BCUT2D eigenvalue weighted by molar-refractivity contribution is 5.61. The Bertz CT molecular complexity index is 459. The first-order valence-electron chi connectivity index (χ1n) is 10.1. The number of carbonyl (C=O) groups is 1. The molecule has 6 nitrogen and oxygen atoms in total. The number of hydrogen-bond acceptors (Lipinski definition) is 6. The van der Waals surface area contributed by atoms with E-state index < -0.39 is 11.8 Å². The van der Waals surface area contributed by atoms with E-state index in [2.05, 4.69) is 13.8 Å². The van der Waals surface area contributed by atoms with E-state index in [1.54, 1.807) is 0 Å². The zero-order valence-corrected chi connectivity index (χ0v) is 16.2. The molecule has 0 bridgehead atoms. The molecule has 0 aromatic carbocycles. The summed E-state index contributed by atoms with van der Waals surface area (Å²) in [6, 6.07) is 2.02. The molecule has 0 unspecified atom stereocenters. The average molecular weight is 367 g/mol. The van der Waals surface area contributed by atoms with Crippen molar-refractivity contribution in [3.05, 3.63) is 0 Å². The van der Waals surface area contributed by atoms with Crippen molar-refractivity contribution in [2.45, 2.75) is 96.1 Å². The van der Waals surface area contributed by atoms with Gasteiger partial charge in [0.1, 0.15) is 25.4 Å². The third-order valence-electron chi connectivity index (χ3n) is 5.28. The highest BCUT2D eigenvalue weighted by Crippen LogP contribution is 2.30. The van der Waals surface area contributed by atoms with Crippen molar-refractivity contribution >= 4 is 6.16 Å². The molecule has 2 aliphatic rings. The molecular formula is C20H33NO5. The summed E-state index contributed by atoms with van der Waals surface area (Å²) in [7, 11) is 0. The molecule has 148 valence electrons. The Labute approximate surface area is 157 Å². The lowest BCUT2D eigenvalue weighted by molar-refractivity contribution is -0.242. The van der Waals surface area contributed by atoms with Gasteiger partial charge in [0, 0.05) is 0 Å². The standard InChI is InChI=1S/C20H33NO5/c1-3-5-6-8-18-23-14-20(13-21,15-24-18)26-19(22)25-17-11-9-16(7-4-2)10-12-17/h16-18H,3-12,14-15H2,1-2H3. The van der Waals surface area contributed by atoms with Gasteiger partial charge in [-0.3, -0.25) is 0 Å². The molecule has 1 aliphatic carbocycles. The number of nitriles is 1. The smallest absolute Gasteiger partial charge is 0.431 e. The van der Waals surface area contributed by atoms with Gasteiger partial charge < -0.3 is 18.9 Å². The molecule has 1 aliphatic heterocycles. The van der Waals surface area contributed by atoms with Gasteiger partial charge >= 0.3 is 6.16 Å². The summed E-state index contributed by atoms with van der Waals surface area (Å²) in [5.41, 5.74) is -1.41. The lowest BCUT2D eigenvalue weighted by atomic mass is 9.85.